The summed E-state index contributed by atoms with van der Waals surface area (Å²) in [5.74, 6) is 1.87. The number of morpholine rings is 1. The molecule has 0 unspecified atom stereocenters. The smallest absolute Gasteiger partial charge is 0.203 e. The number of para-hydroxylation sites is 1. The Labute approximate surface area is 200 Å². The van der Waals surface area contributed by atoms with Crippen molar-refractivity contribution < 1.29 is 18.9 Å². The molecule has 2 aromatic rings. The van der Waals surface area contributed by atoms with E-state index in [9.17, 15) is 0 Å². The second-order valence-electron chi connectivity index (χ2n) is 7.87. The van der Waals surface area contributed by atoms with Crippen molar-refractivity contribution in [3.05, 3.63) is 64.9 Å². The van der Waals surface area contributed by atoms with E-state index in [1.807, 2.05) is 42.5 Å². The highest BCUT2D eigenvalue weighted by Crippen LogP contribution is 2.41. The van der Waals surface area contributed by atoms with E-state index in [-0.39, 0.29) is 0 Å². The van der Waals surface area contributed by atoms with E-state index in [0.29, 0.717) is 30.5 Å². The van der Waals surface area contributed by atoms with Gasteiger partial charge in [0.1, 0.15) is 4.99 Å². The maximum absolute atomic E-state index is 5.86. The van der Waals surface area contributed by atoms with Gasteiger partial charge in [0.25, 0.3) is 0 Å². The topological polar surface area (TPSA) is 52.2 Å². The van der Waals surface area contributed by atoms with Crippen molar-refractivity contribution in [3.8, 4) is 17.2 Å². The van der Waals surface area contributed by atoms with Gasteiger partial charge in [-0.1, -0.05) is 30.4 Å². The van der Waals surface area contributed by atoms with Gasteiger partial charge in [0.15, 0.2) is 11.5 Å². The van der Waals surface area contributed by atoms with Gasteiger partial charge in [-0.15, -0.1) is 0 Å². The van der Waals surface area contributed by atoms with Crippen LogP contribution in [0.5, 0.6) is 17.2 Å². The van der Waals surface area contributed by atoms with Crippen molar-refractivity contribution >= 4 is 29.0 Å². The number of nitrogens with one attached hydrogen (secondary N) is 1. The molecule has 2 aliphatic rings. The van der Waals surface area contributed by atoms with Crippen LogP contribution in [-0.2, 0) is 4.74 Å². The van der Waals surface area contributed by atoms with Gasteiger partial charge in [-0.2, -0.15) is 0 Å². The van der Waals surface area contributed by atoms with Crippen LogP contribution in [0.25, 0.3) is 6.08 Å². The third-order valence-electron chi connectivity index (χ3n) is 5.90. The SMILES string of the molecule is COc1cc(/C=C2\CCC(C(=S)Nc3ccccc3)=C2N2CCOCC2)cc(OC)c1OC. The standard InChI is InChI=1S/C26H30N2O4S/c1-29-22-16-18(17-23(30-2)25(22)31-3)15-19-9-10-21(24(19)28-11-13-32-14-12-28)26(33)27-20-7-5-4-6-8-20/h4-8,15-17H,9-14H2,1-3H3,(H,27,33)/b19-15+. The van der Waals surface area contributed by atoms with E-state index < -0.39 is 0 Å². The summed E-state index contributed by atoms with van der Waals surface area (Å²) in [7, 11) is 4.88. The zero-order valence-electron chi connectivity index (χ0n) is 19.3. The third-order valence-corrected chi connectivity index (χ3v) is 6.24. The highest BCUT2D eigenvalue weighted by atomic mass is 32.1. The first kappa shape index (κ1) is 23.1. The molecule has 1 saturated heterocycles. The fourth-order valence-electron chi connectivity index (χ4n) is 4.35. The molecule has 7 heteroatoms. The maximum atomic E-state index is 5.86. The van der Waals surface area contributed by atoms with Crippen LogP contribution >= 0.6 is 12.2 Å². The lowest BCUT2D eigenvalue weighted by atomic mass is 10.1. The Hall–Kier alpha value is -3.03. The van der Waals surface area contributed by atoms with Gasteiger partial charge in [0.2, 0.25) is 5.75 Å². The monoisotopic (exact) mass is 466 g/mol. The lowest BCUT2D eigenvalue weighted by Crippen LogP contribution is -2.36. The van der Waals surface area contributed by atoms with Crippen molar-refractivity contribution in [3.63, 3.8) is 0 Å². The highest BCUT2D eigenvalue weighted by molar-refractivity contribution is 7.81. The van der Waals surface area contributed by atoms with Gasteiger partial charge >= 0.3 is 0 Å². The Morgan fingerprint density at radius 3 is 2.24 bits per heavy atom. The first-order valence-corrected chi connectivity index (χ1v) is 11.5. The number of allylic oxidation sites excluding steroid dienone is 1. The summed E-state index contributed by atoms with van der Waals surface area (Å²) in [5, 5.41) is 3.42. The number of rotatable bonds is 7. The normalized spacial score (nSPS) is 17.3. The molecule has 2 aromatic carbocycles. The summed E-state index contributed by atoms with van der Waals surface area (Å²) in [6.45, 7) is 3.12. The van der Waals surface area contributed by atoms with Crippen molar-refractivity contribution in [1.82, 2.24) is 4.90 Å². The average Bonchev–Trinajstić information content (AvgIpc) is 3.28. The molecule has 0 atom stereocenters. The Bertz CT molecular complexity index is 1030. The molecule has 0 spiro atoms. The number of thiocarbonyl (C=S) groups is 1. The van der Waals surface area contributed by atoms with E-state index in [1.54, 1.807) is 21.3 Å². The van der Waals surface area contributed by atoms with Gasteiger partial charge in [0.05, 0.1) is 34.5 Å². The lowest BCUT2D eigenvalue weighted by molar-refractivity contribution is 0.0548. The minimum Gasteiger partial charge on any atom is -0.493 e. The zero-order valence-corrected chi connectivity index (χ0v) is 20.2. The lowest BCUT2D eigenvalue weighted by Gasteiger charge is -2.32. The number of benzene rings is 2. The molecule has 1 aliphatic heterocycles. The van der Waals surface area contributed by atoms with Crippen LogP contribution in [-0.4, -0.2) is 57.5 Å². The van der Waals surface area contributed by atoms with Crippen LogP contribution in [0.15, 0.2) is 59.3 Å². The van der Waals surface area contributed by atoms with E-state index in [1.165, 1.54) is 16.8 Å². The molecule has 1 aliphatic carbocycles. The molecular weight excluding hydrogens is 436 g/mol. The molecule has 1 heterocycles. The predicted molar refractivity (Wildman–Crippen MR) is 135 cm³/mol. The van der Waals surface area contributed by atoms with E-state index in [2.05, 4.69) is 16.3 Å². The highest BCUT2D eigenvalue weighted by Gasteiger charge is 2.28. The predicted octanol–water partition coefficient (Wildman–Crippen LogP) is 4.92. The third kappa shape index (κ3) is 5.15. The minimum atomic E-state index is 0.589. The summed E-state index contributed by atoms with van der Waals surface area (Å²) < 4.78 is 22.2. The largest absolute Gasteiger partial charge is 0.493 e. The van der Waals surface area contributed by atoms with Gasteiger partial charge in [-0.05, 0) is 54.3 Å². The van der Waals surface area contributed by atoms with Crippen LogP contribution in [0.1, 0.15) is 18.4 Å². The number of ether oxygens (including phenoxy) is 4. The van der Waals surface area contributed by atoms with Crippen molar-refractivity contribution in [2.75, 3.05) is 52.9 Å². The van der Waals surface area contributed by atoms with Gasteiger partial charge in [-0.25, -0.2) is 0 Å². The zero-order chi connectivity index (χ0) is 23.2. The molecule has 1 N–H and O–H groups in total. The minimum absolute atomic E-state index is 0.589. The van der Waals surface area contributed by atoms with E-state index in [4.69, 9.17) is 31.2 Å². The first-order chi connectivity index (χ1) is 16.1. The number of hydrogen-bond donors (Lipinski definition) is 1. The summed E-state index contributed by atoms with van der Waals surface area (Å²) in [6.07, 6.45) is 4.00. The number of hydrogen-bond acceptors (Lipinski definition) is 6. The number of anilines is 1. The molecule has 0 saturated carbocycles. The maximum Gasteiger partial charge on any atom is 0.203 e. The average molecular weight is 467 g/mol. The molecule has 0 amide bonds. The molecule has 0 radical (unpaired) electrons. The summed E-state index contributed by atoms with van der Waals surface area (Å²) in [6, 6.07) is 14.0. The van der Waals surface area contributed by atoms with Crippen molar-refractivity contribution in [1.29, 1.82) is 0 Å². The van der Waals surface area contributed by atoms with Crippen LogP contribution in [0.4, 0.5) is 5.69 Å². The fourth-order valence-corrected chi connectivity index (χ4v) is 4.66. The quantitative estimate of drug-likeness (QED) is 0.582. The molecule has 174 valence electrons. The molecule has 33 heavy (non-hydrogen) atoms. The molecule has 0 aromatic heterocycles. The fraction of sp³-hybridized carbons (Fsp3) is 0.346. The Balaban J connectivity index is 1.72. The molecule has 4 rings (SSSR count). The van der Waals surface area contributed by atoms with Gasteiger partial charge < -0.3 is 29.2 Å². The molecular formula is C26H30N2O4S. The van der Waals surface area contributed by atoms with Gasteiger partial charge in [-0.3, -0.25) is 0 Å². The summed E-state index contributed by atoms with van der Waals surface area (Å²) in [5.41, 5.74) is 5.63. The molecule has 6 nitrogen and oxygen atoms in total. The summed E-state index contributed by atoms with van der Waals surface area (Å²) in [4.78, 5) is 3.17. The first-order valence-electron chi connectivity index (χ1n) is 11.1. The summed E-state index contributed by atoms with van der Waals surface area (Å²) >= 11 is 5.86. The molecule has 1 fully saturated rings. The second kappa shape index (κ2) is 10.7. The van der Waals surface area contributed by atoms with Crippen molar-refractivity contribution in [2.24, 2.45) is 0 Å². The van der Waals surface area contributed by atoms with Gasteiger partial charge in [0, 0.05) is 30.0 Å². The van der Waals surface area contributed by atoms with Crippen LogP contribution < -0.4 is 19.5 Å². The Morgan fingerprint density at radius 1 is 0.970 bits per heavy atom. The Kier molecular flexibility index (Phi) is 7.52. The number of nitrogens with zero attached hydrogens (tertiary/aromatic N) is 1. The molecule has 0 bridgehead atoms. The van der Waals surface area contributed by atoms with E-state index >= 15 is 0 Å². The number of methoxy groups -OCH3 is 3. The Morgan fingerprint density at radius 2 is 1.64 bits per heavy atom. The van der Waals surface area contributed by atoms with Crippen LogP contribution in [0.2, 0.25) is 0 Å². The van der Waals surface area contributed by atoms with Crippen LogP contribution in [0.3, 0.4) is 0 Å². The van der Waals surface area contributed by atoms with Crippen LogP contribution in [0, 0.1) is 0 Å². The van der Waals surface area contributed by atoms with Crippen molar-refractivity contribution in [2.45, 2.75) is 12.8 Å². The second-order valence-corrected chi connectivity index (χ2v) is 8.28. The van der Waals surface area contributed by atoms with E-state index in [0.717, 1.165) is 42.2 Å².